The molecule has 1 fully saturated rings. The minimum absolute atomic E-state index is 0.0633. The van der Waals surface area contributed by atoms with E-state index in [2.05, 4.69) is 37.4 Å². The third-order valence-corrected chi connectivity index (χ3v) is 5.34. The first-order valence-corrected chi connectivity index (χ1v) is 8.86. The van der Waals surface area contributed by atoms with Crippen molar-refractivity contribution in [2.45, 2.75) is 51.5 Å². The fraction of sp³-hybridized carbons (Fsp3) is 0.579. The van der Waals surface area contributed by atoms with E-state index in [1.165, 1.54) is 16.7 Å². The first kappa shape index (κ1) is 16.8. The second kappa shape index (κ2) is 6.83. The van der Waals surface area contributed by atoms with Crippen LogP contribution < -0.4 is 5.32 Å². The van der Waals surface area contributed by atoms with Crippen molar-refractivity contribution >= 4 is 12.0 Å². The number of hydrogen-bond donors (Lipinski definition) is 2. The lowest BCUT2D eigenvalue weighted by molar-refractivity contribution is -0.143. The molecule has 1 aliphatic carbocycles. The van der Waals surface area contributed by atoms with E-state index in [1.807, 2.05) is 0 Å². The largest absolute Gasteiger partial charge is 0.481 e. The molecule has 24 heavy (non-hydrogen) atoms. The highest BCUT2D eigenvalue weighted by molar-refractivity contribution is 5.76. The Kier molecular flexibility index (Phi) is 4.78. The summed E-state index contributed by atoms with van der Waals surface area (Å²) in [5, 5.41) is 12.2. The number of benzene rings is 1. The van der Waals surface area contributed by atoms with Gasteiger partial charge in [-0.25, -0.2) is 4.79 Å². The molecule has 0 saturated carbocycles. The van der Waals surface area contributed by atoms with E-state index < -0.39 is 5.97 Å². The summed E-state index contributed by atoms with van der Waals surface area (Å²) in [6, 6.07) is 6.61. The van der Waals surface area contributed by atoms with Gasteiger partial charge in [0, 0.05) is 13.1 Å². The summed E-state index contributed by atoms with van der Waals surface area (Å²) in [5.74, 6) is -0.585. The van der Waals surface area contributed by atoms with Crippen molar-refractivity contribution in [2.24, 2.45) is 5.92 Å². The SMILES string of the molecule is CC(C)c1ccc2c(c1)[C@@H](NC(=O)N1CCC(C(=O)O)CC1)CC2. The maximum absolute atomic E-state index is 12.5. The summed E-state index contributed by atoms with van der Waals surface area (Å²) in [6.45, 7) is 5.40. The lowest BCUT2D eigenvalue weighted by atomic mass is 9.97. The van der Waals surface area contributed by atoms with E-state index in [-0.39, 0.29) is 18.0 Å². The Labute approximate surface area is 143 Å². The van der Waals surface area contributed by atoms with Gasteiger partial charge >= 0.3 is 12.0 Å². The number of aliphatic carboxylic acids is 1. The third-order valence-electron chi connectivity index (χ3n) is 5.34. The average Bonchev–Trinajstić information content (AvgIpc) is 2.97. The van der Waals surface area contributed by atoms with E-state index in [4.69, 9.17) is 5.11 Å². The molecular weight excluding hydrogens is 304 g/mol. The second-order valence-corrected chi connectivity index (χ2v) is 7.25. The minimum Gasteiger partial charge on any atom is -0.481 e. The fourth-order valence-corrected chi connectivity index (χ4v) is 3.70. The smallest absolute Gasteiger partial charge is 0.317 e. The minimum atomic E-state index is -0.749. The van der Waals surface area contributed by atoms with Crippen LogP contribution in [0.5, 0.6) is 0 Å². The van der Waals surface area contributed by atoms with E-state index in [1.54, 1.807) is 4.90 Å². The molecule has 2 amide bonds. The number of nitrogens with zero attached hydrogens (tertiary/aromatic N) is 1. The molecule has 2 aliphatic rings. The number of carbonyl (C=O) groups is 2. The van der Waals surface area contributed by atoms with Crippen LogP contribution in [0.2, 0.25) is 0 Å². The van der Waals surface area contributed by atoms with Crippen LogP contribution in [0.1, 0.15) is 61.8 Å². The molecule has 1 atom stereocenters. The fourth-order valence-electron chi connectivity index (χ4n) is 3.70. The molecule has 0 radical (unpaired) electrons. The van der Waals surface area contributed by atoms with Crippen molar-refractivity contribution in [2.75, 3.05) is 13.1 Å². The molecule has 0 bridgehead atoms. The van der Waals surface area contributed by atoms with Crippen LogP contribution in [0.25, 0.3) is 0 Å². The van der Waals surface area contributed by atoms with Crippen LogP contribution in [-0.2, 0) is 11.2 Å². The van der Waals surface area contributed by atoms with Gasteiger partial charge in [-0.05, 0) is 48.3 Å². The van der Waals surface area contributed by atoms with Crippen molar-refractivity contribution in [1.82, 2.24) is 10.2 Å². The Morgan fingerprint density at radius 2 is 1.92 bits per heavy atom. The number of carbonyl (C=O) groups excluding carboxylic acids is 1. The maximum Gasteiger partial charge on any atom is 0.317 e. The van der Waals surface area contributed by atoms with E-state index in [0.29, 0.717) is 31.8 Å². The summed E-state index contributed by atoms with van der Waals surface area (Å²) in [7, 11) is 0. The van der Waals surface area contributed by atoms with E-state index >= 15 is 0 Å². The van der Waals surface area contributed by atoms with Crippen LogP contribution in [-0.4, -0.2) is 35.1 Å². The molecule has 2 N–H and O–H groups in total. The molecule has 1 saturated heterocycles. The maximum atomic E-state index is 12.5. The predicted octanol–water partition coefficient (Wildman–Crippen LogP) is 3.30. The van der Waals surface area contributed by atoms with Crippen LogP contribution in [0.15, 0.2) is 18.2 Å². The number of carboxylic acid groups (broad SMARTS) is 1. The van der Waals surface area contributed by atoms with Crippen molar-refractivity contribution in [3.8, 4) is 0 Å². The quantitative estimate of drug-likeness (QED) is 0.893. The van der Waals surface area contributed by atoms with Crippen molar-refractivity contribution in [1.29, 1.82) is 0 Å². The number of amides is 2. The molecule has 0 aromatic heterocycles. The van der Waals surface area contributed by atoms with Gasteiger partial charge in [0.2, 0.25) is 0 Å². The van der Waals surface area contributed by atoms with Gasteiger partial charge in [-0.2, -0.15) is 0 Å². The molecular formula is C19H26N2O3. The van der Waals surface area contributed by atoms with Crippen molar-refractivity contribution in [3.63, 3.8) is 0 Å². The van der Waals surface area contributed by atoms with Crippen molar-refractivity contribution < 1.29 is 14.7 Å². The molecule has 1 aliphatic heterocycles. The molecule has 5 nitrogen and oxygen atoms in total. The normalized spacial score (nSPS) is 21.0. The highest BCUT2D eigenvalue weighted by Gasteiger charge is 2.30. The molecule has 1 aromatic carbocycles. The van der Waals surface area contributed by atoms with Crippen LogP contribution >= 0.6 is 0 Å². The zero-order chi connectivity index (χ0) is 17.3. The number of piperidine rings is 1. The van der Waals surface area contributed by atoms with Crippen molar-refractivity contribution in [3.05, 3.63) is 34.9 Å². The molecule has 3 rings (SSSR count). The van der Waals surface area contributed by atoms with Gasteiger partial charge < -0.3 is 15.3 Å². The van der Waals surface area contributed by atoms with Crippen LogP contribution in [0.3, 0.4) is 0 Å². The Balaban J connectivity index is 1.63. The lowest BCUT2D eigenvalue weighted by Crippen LogP contribution is -2.46. The van der Waals surface area contributed by atoms with Crippen LogP contribution in [0.4, 0.5) is 4.79 Å². The van der Waals surface area contributed by atoms with Gasteiger partial charge in [0.1, 0.15) is 0 Å². The summed E-state index contributed by atoms with van der Waals surface area (Å²) in [5.41, 5.74) is 3.88. The number of rotatable bonds is 3. The monoisotopic (exact) mass is 330 g/mol. The number of hydrogen-bond acceptors (Lipinski definition) is 2. The Morgan fingerprint density at radius 1 is 1.21 bits per heavy atom. The van der Waals surface area contributed by atoms with Gasteiger partial charge in [-0.3, -0.25) is 4.79 Å². The zero-order valence-electron chi connectivity index (χ0n) is 14.4. The highest BCUT2D eigenvalue weighted by atomic mass is 16.4. The van der Waals surface area contributed by atoms with Gasteiger partial charge in [-0.15, -0.1) is 0 Å². The number of urea groups is 1. The van der Waals surface area contributed by atoms with Gasteiger partial charge in [-0.1, -0.05) is 32.0 Å². The first-order chi connectivity index (χ1) is 11.5. The standard InChI is InChI=1S/C19H26N2O3/c1-12(2)15-4-3-13-5-6-17(16(13)11-15)20-19(24)21-9-7-14(8-10-21)18(22)23/h3-4,11-12,14,17H,5-10H2,1-2H3,(H,20,24)(H,22,23)/t17-/m0/s1. The molecule has 0 spiro atoms. The van der Waals surface area contributed by atoms with E-state index in [9.17, 15) is 9.59 Å². The molecule has 1 heterocycles. The molecule has 0 unspecified atom stereocenters. The highest BCUT2D eigenvalue weighted by Crippen LogP contribution is 2.33. The van der Waals surface area contributed by atoms with Gasteiger partial charge in [0.15, 0.2) is 0 Å². The Bertz CT molecular complexity index is 633. The third kappa shape index (κ3) is 3.40. The van der Waals surface area contributed by atoms with E-state index in [0.717, 1.165) is 12.8 Å². The number of nitrogens with one attached hydrogen (secondary N) is 1. The second-order valence-electron chi connectivity index (χ2n) is 7.25. The van der Waals surface area contributed by atoms with Gasteiger partial charge in [0.05, 0.1) is 12.0 Å². The molecule has 1 aromatic rings. The number of aryl methyl sites for hydroxylation is 1. The number of likely N-dealkylation sites (tertiary alicyclic amines) is 1. The average molecular weight is 330 g/mol. The zero-order valence-corrected chi connectivity index (χ0v) is 14.4. The molecule has 5 heteroatoms. The Morgan fingerprint density at radius 3 is 2.54 bits per heavy atom. The lowest BCUT2D eigenvalue weighted by Gasteiger charge is -2.31. The summed E-state index contributed by atoms with van der Waals surface area (Å²) >= 11 is 0. The summed E-state index contributed by atoms with van der Waals surface area (Å²) in [4.78, 5) is 25.3. The van der Waals surface area contributed by atoms with Crippen LogP contribution in [0, 0.1) is 5.92 Å². The first-order valence-electron chi connectivity index (χ1n) is 8.86. The molecule has 130 valence electrons. The predicted molar refractivity (Wildman–Crippen MR) is 92.1 cm³/mol. The topological polar surface area (TPSA) is 69.6 Å². The van der Waals surface area contributed by atoms with Gasteiger partial charge in [0.25, 0.3) is 0 Å². The number of fused-ring (bicyclic) bond motifs is 1. The number of carboxylic acids is 1. The summed E-state index contributed by atoms with van der Waals surface area (Å²) in [6.07, 6.45) is 3.02. The summed E-state index contributed by atoms with van der Waals surface area (Å²) < 4.78 is 0. The Hall–Kier alpha value is -2.04.